The third-order valence-electron chi connectivity index (χ3n) is 1.66. The maximum atomic E-state index is 10.6. The van der Waals surface area contributed by atoms with Crippen LogP contribution in [0.15, 0.2) is 24.3 Å². The van der Waals surface area contributed by atoms with E-state index in [-0.39, 0.29) is 5.91 Å². The van der Waals surface area contributed by atoms with E-state index in [2.05, 4.69) is 5.32 Å². The number of benzene rings is 1. The summed E-state index contributed by atoms with van der Waals surface area (Å²) in [6.07, 6.45) is 0. The molecule has 0 spiro atoms. The van der Waals surface area contributed by atoms with Crippen molar-refractivity contribution in [2.24, 2.45) is 0 Å². The minimum Gasteiger partial charge on any atom is -0.352 e. The van der Waals surface area contributed by atoms with Crippen LogP contribution in [0, 0.1) is 6.92 Å². The van der Waals surface area contributed by atoms with Gasteiger partial charge in [-0.05, 0) is 12.5 Å². The second kappa shape index (κ2) is 11.8. The zero-order chi connectivity index (χ0) is 13.0. The second-order valence-corrected chi connectivity index (χ2v) is 2.90. The quantitative estimate of drug-likeness (QED) is 0.814. The highest BCUT2D eigenvalue weighted by atomic mass is 16.1. The van der Waals surface area contributed by atoms with Crippen molar-refractivity contribution in [3.63, 3.8) is 0 Å². The summed E-state index contributed by atoms with van der Waals surface area (Å²) >= 11 is 0. The topological polar surface area (TPSA) is 29.1 Å². The van der Waals surface area contributed by atoms with E-state index in [9.17, 15) is 4.79 Å². The Labute approximate surface area is 100 Å². The van der Waals surface area contributed by atoms with Crippen LogP contribution in [-0.2, 0) is 11.3 Å². The van der Waals surface area contributed by atoms with Crippen molar-refractivity contribution in [1.29, 1.82) is 0 Å². The molecule has 0 aromatic heterocycles. The van der Waals surface area contributed by atoms with Crippen molar-refractivity contribution in [2.75, 3.05) is 0 Å². The van der Waals surface area contributed by atoms with Crippen LogP contribution in [0.4, 0.5) is 0 Å². The van der Waals surface area contributed by atoms with E-state index in [4.69, 9.17) is 0 Å². The first-order valence-corrected chi connectivity index (χ1v) is 5.98. The maximum Gasteiger partial charge on any atom is 0.217 e. The molecule has 0 atom stereocenters. The molecule has 0 radical (unpaired) electrons. The van der Waals surface area contributed by atoms with E-state index in [1.54, 1.807) is 0 Å². The van der Waals surface area contributed by atoms with Crippen molar-refractivity contribution >= 4 is 5.91 Å². The molecule has 0 fully saturated rings. The van der Waals surface area contributed by atoms with Gasteiger partial charge in [-0.1, -0.05) is 57.5 Å². The largest absolute Gasteiger partial charge is 0.352 e. The molecule has 16 heavy (non-hydrogen) atoms. The normalized spacial score (nSPS) is 7.88. The molecular formula is C14H25NO. The summed E-state index contributed by atoms with van der Waals surface area (Å²) in [4.78, 5) is 10.6. The van der Waals surface area contributed by atoms with Crippen molar-refractivity contribution < 1.29 is 4.79 Å². The van der Waals surface area contributed by atoms with Gasteiger partial charge in [-0.15, -0.1) is 0 Å². The highest BCUT2D eigenvalue weighted by Gasteiger charge is 1.92. The van der Waals surface area contributed by atoms with Gasteiger partial charge in [0, 0.05) is 13.5 Å². The minimum absolute atomic E-state index is 0.00979. The third-order valence-corrected chi connectivity index (χ3v) is 1.66. The lowest BCUT2D eigenvalue weighted by Gasteiger charge is -2.01. The van der Waals surface area contributed by atoms with Crippen LogP contribution in [0.2, 0.25) is 0 Å². The summed E-state index contributed by atoms with van der Waals surface area (Å²) in [5, 5.41) is 2.74. The first-order valence-electron chi connectivity index (χ1n) is 5.98. The van der Waals surface area contributed by atoms with Crippen molar-refractivity contribution in [3.05, 3.63) is 35.4 Å². The zero-order valence-corrected chi connectivity index (χ0v) is 11.4. The molecule has 92 valence electrons. The first kappa shape index (κ1) is 17.1. The molecule has 2 nitrogen and oxygen atoms in total. The number of hydrogen-bond acceptors (Lipinski definition) is 1. The molecule has 0 bridgehead atoms. The van der Waals surface area contributed by atoms with Gasteiger partial charge in [0.2, 0.25) is 5.91 Å². The average molecular weight is 223 g/mol. The number of carbonyl (C=O) groups excluding carboxylic acids is 1. The molecule has 0 saturated carbocycles. The monoisotopic (exact) mass is 223 g/mol. The molecule has 0 aliphatic rings. The number of aryl methyl sites for hydroxylation is 1. The molecule has 1 N–H and O–H groups in total. The predicted octanol–water partition coefficient (Wildman–Crippen LogP) is 3.68. The smallest absolute Gasteiger partial charge is 0.217 e. The van der Waals surface area contributed by atoms with Gasteiger partial charge >= 0.3 is 0 Å². The third kappa shape index (κ3) is 9.25. The van der Waals surface area contributed by atoms with E-state index >= 15 is 0 Å². The average Bonchev–Trinajstić information content (AvgIpc) is 2.33. The SMILES string of the molecule is CC.CC.CC(=O)NCc1ccc(C)cc1. The fraction of sp³-hybridized carbons (Fsp3) is 0.500. The molecule has 0 saturated heterocycles. The number of hydrogen-bond donors (Lipinski definition) is 1. The Kier molecular flexibility index (Phi) is 12.6. The van der Waals surface area contributed by atoms with Crippen molar-refractivity contribution in [2.45, 2.75) is 48.1 Å². The lowest BCUT2D eigenvalue weighted by molar-refractivity contribution is -0.119. The maximum absolute atomic E-state index is 10.6. The summed E-state index contributed by atoms with van der Waals surface area (Å²) < 4.78 is 0. The van der Waals surface area contributed by atoms with Crippen LogP contribution in [-0.4, -0.2) is 5.91 Å². The van der Waals surface area contributed by atoms with Crippen LogP contribution in [0.3, 0.4) is 0 Å². The number of amides is 1. The highest BCUT2D eigenvalue weighted by molar-refractivity contribution is 5.72. The number of nitrogens with one attached hydrogen (secondary N) is 1. The minimum atomic E-state index is 0.00979. The fourth-order valence-electron chi connectivity index (χ4n) is 0.932. The van der Waals surface area contributed by atoms with Gasteiger partial charge in [-0.2, -0.15) is 0 Å². The Bertz CT molecular complexity index is 265. The van der Waals surface area contributed by atoms with Crippen LogP contribution >= 0.6 is 0 Å². The predicted molar refractivity (Wildman–Crippen MR) is 71.4 cm³/mol. The molecule has 1 aromatic carbocycles. The molecule has 0 aliphatic carbocycles. The molecule has 2 heteroatoms. The van der Waals surface area contributed by atoms with E-state index in [0.717, 1.165) is 5.56 Å². The molecular weight excluding hydrogens is 198 g/mol. The van der Waals surface area contributed by atoms with E-state index in [1.165, 1.54) is 12.5 Å². The highest BCUT2D eigenvalue weighted by Crippen LogP contribution is 2.01. The van der Waals surface area contributed by atoms with Gasteiger partial charge in [0.1, 0.15) is 0 Å². The van der Waals surface area contributed by atoms with Crippen molar-refractivity contribution in [1.82, 2.24) is 5.32 Å². The van der Waals surface area contributed by atoms with Gasteiger partial charge in [-0.25, -0.2) is 0 Å². The molecule has 1 amide bonds. The summed E-state index contributed by atoms with van der Waals surface area (Å²) in [6, 6.07) is 8.12. The second-order valence-electron chi connectivity index (χ2n) is 2.90. The standard InChI is InChI=1S/C10H13NO.2C2H6/c1-8-3-5-10(6-4-8)7-11-9(2)12;2*1-2/h3-6H,7H2,1-2H3,(H,11,12);2*1-2H3. The Balaban J connectivity index is 0. The zero-order valence-electron chi connectivity index (χ0n) is 11.4. The molecule has 1 aromatic rings. The Morgan fingerprint density at radius 3 is 1.88 bits per heavy atom. The summed E-state index contributed by atoms with van der Waals surface area (Å²) in [5.41, 5.74) is 2.37. The van der Waals surface area contributed by atoms with E-state index in [0.29, 0.717) is 6.54 Å². The van der Waals surface area contributed by atoms with E-state index < -0.39 is 0 Å². The fourth-order valence-corrected chi connectivity index (χ4v) is 0.932. The van der Waals surface area contributed by atoms with Crippen molar-refractivity contribution in [3.8, 4) is 0 Å². The van der Waals surface area contributed by atoms with Gasteiger partial charge in [-0.3, -0.25) is 4.79 Å². The Morgan fingerprint density at radius 1 is 1.06 bits per heavy atom. The molecule has 0 unspecified atom stereocenters. The first-order chi connectivity index (χ1) is 7.68. The lowest BCUT2D eigenvalue weighted by atomic mass is 10.1. The van der Waals surface area contributed by atoms with Crippen LogP contribution in [0.5, 0.6) is 0 Å². The molecule has 0 heterocycles. The van der Waals surface area contributed by atoms with Gasteiger partial charge < -0.3 is 5.32 Å². The van der Waals surface area contributed by atoms with E-state index in [1.807, 2.05) is 58.9 Å². The molecule has 1 rings (SSSR count). The summed E-state index contributed by atoms with van der Waals surface area (Å²) in [6.45, 7) is 12.2. The van der Waals surface area contributed by atoms with Gasteiger partial charge in [0.25, 0.3) is 0 Å². The Morgan fingerprint density at radius 2 is 1.50 bits per heavy atom. The lowest BCUT2D eigenvalue weighted by Crippen LogP contribution is -2.18. The number of rotatable bonds is 2. The summed E-state index contributed by atoms with van der Waals surface area (Å²) in [7, 11) is 0. The van der Waals surface area contributed by atoms with Crippen LogP contribution in [0.1, 0.15) is 45.7 Å². The molecule has 0 aliphatic heterocycles. The van der Waals surface area contributed by atoms with Gasteiger partial charge in [0.05, 0.1) is 0 Å². The number of carbonyl (C=O) groups is 1. The van der Waals surface area contributed by atoms with Gasteiger partial charge in [0.15, 0.2) is 0 Å². The van der Waals surface area contributed by atoms with Crippen LogP contribution < -0.4 is 5.32 Å². The Hall–Kier alpha value is -1.31. The summed E-state index contributed by atoms with van der Waals surface area (Å²) in [5.74, 6) is 0.00979. The van der Waals surface area contributed by atoms with Crippen LogP contribution in [0.25, 0.3) is 0 Å².